The fourth-order valence-electron chi connectivity index (χ4n) is 1.98. The van der Waals surface area contributed by atoms with Crippen LogP contribution in [-0.4, -0.2) is 12.1 Å². The zero-order valence-electron chi connectivity index (χ0n) is 12.6. The van der Waals surface area contributed by atoms with Crippen LogP contribution in [-0.2, 0) is 4.79 Å². The summed E-state index contributed by atoms with van der Waals surface area (Å²) in [4.78, 5) is 12.2. The van der Waals surface area contributed by atoms with Crippen LogP contribution >= 0.6 is 0 Å². The van der Waals surface area contributed by atoms with E-state index in [0.717, 1.165) is 0 Å². The molecule has 0 aromatic heterocycles. The molecular weight excluding hydrogens is 264 g/mol. The van der Waals surface area contributed by atoms with Gasteiger partial charge < -0.3 is 9.47 Å². The van der Waals surface area contributed by atoms with Crippen LogP contribution in [0, 0.1) is 5.92 Å². The van der Waals surface area contributed by atoms with Gasteiger partial charge in [0.1, 0.15) is 11.5 Å². The number of ether oxygens (including phenoxy) is 2. The molecule has 3 heteroatoms. The highest BCUT2D eigenvalue weighted by molar-refractivity contribution is 5.93. The Morgan fingerprint density at radius 1 is 1.19 bits per heavy atom. The number of hydrogen-bond acceptors (Lipinski definition) is 3. The monoisotopic (exact) mass is 284 g/mol. The molecule has 3 nitrogen and oxygen atoms in total. The van der Waals surface area contributed by atoms with Gasteiger partial charge in [0, 0.05) is 6.07 Å². The first-order valence-electron chi connectivity index (χ1n) is 7.10. The van der Waals surface area contributed by atoms with Gasteiger partial charge in [-0.3, -0.25) is 0 Å². The fraction of sp³-hybridized carbons (Fsp3) is 0.278. The van der Waals surface area contributed by atoms with E-state index in [9.17, 15) is 4.79 Å². The third-order valence-electron chi connectivity index (χ3n) is 2.87. The Labute approximate surface area is 125 Å². The standard InChI is InChI=1S/C18H20O3/c1-13(2)20-16-9-6-10-17(12-16)21-18(19)15-8-5-4-7-14(3)11-15/h4-14H,1-3H3. The summed E-state index contributed by atoms with van der Waals surface area (Å²) in [5, 5.41) is 0. The van der Waals surface area contributed by atoms with Gasteiger partial charge in [-0.2, -0.15) is 0 Å². The molecule has 0 bridgehead atoms. The number of hydrogen-bond donors (Lipinski definition) is 0. The lowest BCUT2D eigenvalue weighted by Crippen LogP contribution is -2.11. The molecule has 0 aliphatic heterocycles. The van der Waals surface area contributed by atoms with Crippen molar-refractivity contribution >= 4 is 5.97 Å². The molecule has 0 amide bonds. The number of rotatable bonds is 4. The summed E-state index contributed by atoms with van der Waals surface area (Å²) in [6.07, 6.45) is 9.52. The van der Waals surface area contributed by atoms with E-state index in [1.165, 1.54) is 0 Å². The Bertz CT molecular complexity index is 594. The molecular formula is C18H20O3. The molecule has 1 aliphatic carbocycles. The van der Waals surface area contributed by atoms with Crippen LogP contribution in [0.5, 0.6) is 11.5 Å². The summed E-state index contributed by atoms with van der Waals surface area (Å²) in [6, 6.07) is 7.12. The Kier molecular flexibility index (Phi) is 4.99. The van der Waals surface area contributed by atoms with Crippen molar-refractivity contribution in [2.45, 2.75) is 26.9 Å². The average Bonchev–Trinajstić information content (AvgIpc) is 2.63. The number of benzene rings is 1. The third-order valence-corrected chi connectivity index (χ3v) is 2.87. The fourth-order valence-corrected chi connectivity index (χ4v) is 1.98. The molecule has 110 valence electrons. The van der Waals surface area contributed by atoms with Crippen molar-refractivity contribution in [3.05, 3.63) is 60.2 Å². The van der Waals surface area contributed by atoms with Gasteiger partial charge in [0.25, 0.3) is 0 Å². The largest absolute Gasteiger partial charge is 0.491 e. The van der Waals surface area contributed by atoms with Crippen LogP contribution in [0.2, 0.25) is 0 Å². The molecule has 0 fully saturated rings. The van der Waals surface area contributed by atoms with Gasteiger partial charge >= 0.3 is 5.97 Å². The number of carbonyl (C=O) groups excluding carboxylic acids is 1. The molecule has 0 heterocycles. The molecule has 1 aliphatic rings. The number of esters is 1. The summed E-state index contributed by atoms with van der Waals surface area (Å²) >= 11 is 0. The van der Waals surface area contributed by atoms with E-state index in [1.807, 2.05) is 57.2 Å². The van der Waals surface area contributed by atoms with Crippen molar-refractivity contribution in [2.24, 2.45) is 5.92 Å². The van der Waals surface area contributed by atoms with Crippen LogP contribution in [0.25, 0.3) is 0 Å². The lowest BCUT2D eigenvalue weighted by molar-refractivity contribution is -0.129. The summed E-state index contributed by atoms with van der Waals surface area (Å²) < 4.78 is 11.0. The molecule has 21 heavy (non-hydrogen) atoms. The molecule has 0 radical (unpaired) electrons. The van der Waals surface area contributed by atoms with Crippen molar-refractivity contribution in [1.29, 1.82) is 0 Å². The van der Waals surface area contributed by atoms with Gasteiger partial charge in [-0.25, -0.2) is 4.79 Å². The molecule has 1 aromatic carbocycles. The highest BCUT2D eigenvalue weighted by Crippen LogP contribution is 2.22. The van der Waals surface area contributed by atoms with E-state index in [0.29, 0.717) is 17.1 Å². The van der Waals surface area contributed by atoms with Gasteiger partial charge in [-0.1, -0.05) is 37.3 Å². The van der Waals surface area contributed by atoms with Gasteiger partial charge in [0.2, 0.25) is 0 Å². The number of allylic oxidation sites excluding steroid dienone is 4. The summed E-state index contributed by atoms with van der Waals surface area (Å²) in [6.45, 7) is 5.93. The van der Waals surface area contributed by atoms with E-state index in [-0.39, 0.29) is 18.0 Å². The van der Waals surface area contributed by atoms with E-state index < -0.39 is 0 Å². The molecule has 2 rings (SSSR count). The van der Waals surface area contributed by atoms with Crippen molar-refractivity contribution in [3.8, 4) is 11.5 Å². The van der Waals surface area contributed by atoms with Crippen LogP contribution in [0.4, 0.5) is 0 Å². The average molecular weight is 284 g/mol. The first-order chi connectivity index (χ1) is 10.0. The van der Waals surface area contributed by atoms with E-state index in [1.54, 1.807) is 18.2 Å². The molecule has 1 aromatic rings. The molecule has 0 saturated carbocycles. The van der Waals surface area contributed by atoms with E-state index in [4.69, 9.17) is 9.47 Å². The molecule has 0 saturated heterocycles. The summed E-state index contributed by atoms with van der Waals surface area (Å²) in [5.41, 5.74) is 0.558. The van der Waals surface area contributed by atoms with Crippen molar-refractivity contribution in [1.82, 2.24) is 0 Å². The third kappa shape index (κ3) is 4.63. The van der Waals surface area contributed by atoms with E-state index >= 15 is 0 Å². The van der Waals surface area contributed by atoms with Gasteiger partial charge in [-0.05, 0) is 38.0 Å². The smallest absolute Gasteiger partial charge is 0.343 e. The molecule has 1 unspecified atom stereocenters. The predicted molar refractivity (Wildman–Crippen MR) is 83.4 cm³/mol. The van der Waals surface area contributed by atoms with Gasteiger partial charge in [0.05, 0.1) is 11.7 Å². The molecule has 0 spiro atoms. The second kappa shape index (κ2) is 6.93. The lowest BCUT2D eigenvalue weighted by atomic mass is 10.1. The molecule has 1 atom stereocenters. The van der Waals surface area contributed by atoms with Crippen LogP contribution in [0.3, 0.4) is 0 Å². The number of carbonyl (C=O) groups is 1. The van der Waals surface area contributed by atoms with Crippen LogP contribution in [0.1, 0.15) is 20.8 Å². The zero-order valence-corrected chi connectivity index (χ0v) is 12.6. The van der Waals surface area contributed by atoms with Gasteiger partial charge in [-0.15, -0.1) is 0 Å². The van der Waals surface area contributed by atoms with Crippen molar-refractivity contribution in [2.75, 3.05) is 0 Å². The summed E-state index contributed by atoms with van der Waals surface area (Å²) in [7, 11) is 0. The second-order valence-electron chi connectivity index (χ2n) is 5.26. The van der Waals surface area contributed by atoms with E-state index in [2.05, 4.69) is 0 Å². The normalized spacial score (nSPS) is 17.3. The minimum absolute atomic E-state index is 0.0791. The Balaban J connectivity index is 2.09. The van der Waals surface area contributed by atoms with Gasteiger partial charge in [0.15, 0.2) is 0 Å². The van der Waals surface area contributed by atoms with Crippen molar-refractivity contribution < 1.29 is 14.3 Å². The topological polar surface area (TPSA) is 35.5 Å². The summed E-state index contributed by atoms with van der Waals surface area (Å²) in [5.74, 6) is 1.02. The maximum absolute atomic E-state index is 12.2. The Morgan fingerprint density at radius 2 is 1.95 bits per heavy atom. The van der Waals surface area contributed by atoms with Crippen LogP contribution < -0.4 is 9.47 Å². The first-order valence-corrected chi connectivity index (χ1v) is 7.10. The highest BCUT2D eigenvalue weighted by atomic mass is 16.5. The highest BCUT2D eigenvalue weighted by Gasteiger charge is 2.12. The quantitative estimate of drug-likeness (QED) is 0.617. The Hall–Kier alpha value is -2.29. The minimum atomic E-state index is -0.358. The predicted octanol–water partition coefficient (Wildman–Crippen LogP) is 4.07. The maximum atomic E-state index is 12.2. The second-order valence-corrected chi connectivity index (χ2v) is 5.26. The first kappa shape index (κ1) is 15.1. The lowest BCUT2D eigenvalue weighted by Gasteiger charge is -2.11. The minimum Gasteiger partial charge on any atom is -0.491 e. The zero-order chi connectivity index (χ0) is 15.2. The van der Waals surface area contributed by atoms with Crippen molar-refractivity contribution in [3.63, 3.8) is 0 Å². The maximum Gasteiger partial charge on any atom is 0.343 e. The SMILES string of the molecule is CC1C=CC=CC(C(=O)Oc2cccc(OC(C)C)c2)=C1. The molecule has 0 N–H and O–H groups in total. The Morgan fingerprint density at radius 3 is 2.71 bits per heavy atom. The van der Waals surface area contributed by atoms with Crippen LogP contribution in [0.15, 0.2) is 60.2 Å².